The SMILES string of the molecule is COc1ccc(/C(CBr)=N/O)cc1. The summed E-state index contributed by atoms with van der Waals surface area (Å²) in [4.78, 5) is 0. The van der Waals surface area contributed by atoms with Crippen LogP contribution >= 0.6 is 15.9 Å². The van der Waals surface area contributed by atoms with Crippen LogP contribution in [0.4, 0.5) is 0 Å². The lowest BCUT2D eigenvalue weighted by molar-refractivity contribution is 0.319. The van der Waals surface area contributed by atoms with E-state index in [-0.39, 0.29) is 0 Å². The molecule has 0 heterocycles. The quantitative estimate of drug-likeness (QED) is 0.383. The summed E-state index contributed by atoms with van der Waals surface area (Å²) >= 11 is 3.23. The average molecular weight is 244 g/mol. The van der Waals surface area contributed by atoms with Crippen molar-refractivity contribution in [3.63, 3.8) is 0 Å². The largest absolute Gasteiger partial charge is 0.497 e. The number of rotatable bonds is 3. The second-order valence-electron chi connectivity index (χ2n) is 2.41. The number of nitrogens with zero attached hydrogens (tertiary/aromatic N) is 1. The summed E-state index contributed by atoms with van der Waals surface area (Å²) in [5, 5.41) is 12.3. The molecular weight excluding hydrogens is 234 g/mol. The molecule has 0 spiro atoms. The molecule has 1 aromatic rings. The van der Waals surface area contributed by atoms with Gasteiger partial charge in [-0.25, -0.2) is 0 Å². The van der Waals surface area contributed by atoms with Crippen molar-refractivity contribution in [1.29, 1.82) is 0 Å². The van der Waals surface area contributed by atoms with E-state index < -0.39 is 0 Å². The Bertz CT molecular complexity index is 295. The van der Waals surface area contributed by atoms with Crippen molar-refractivity contribution in [1.82, 2.24) is 0 Å². The van der Waals surface area contributed by atoms with E-state index in [4.69, 9.17) is 9.94 Å². The summed E-state index contributed by atoms with van der Waals surface area (Å²) in [5.41, 5.74) is 1.47. The van der Waals surface area contributed by atoms with Crippen LogP contribution < -0.4 is 4.74 Å². The summed E-state index contributed by atoms with van der Waals surface area (Å²) in [7, 11) is 1.61. The number of alkyl halides is 1. The number of ether oxygens (including phenoxy) is 1. The smallest absolute Gasteiger partial charge is 0.118 e. The monoisotopic (exact) mass is 243 g/mol. The van der Waals surface area contributed by atoms with E-state index in [0.717, 1.165) is 11.3 Å². The number of methoxy groups -OCH3 is 1. The predicted octanol–water partition coefficient (Wildman–Crippen LogP) is 2.27. The minimum absolute atomic E-state index is 0.524. The number of benzene rings is 1. The molecule has 1 aromatic carbocycles. The summed E-state index contributed by atoms with van der Waals surface area (Å²) in [5.74, 6) is 0.788. The molecule has 70 valence electrons. The number of oxime groups is 1. The van der Waals surface area contributed by atoms with Crippen molar-refractivity contribution in [2.45, 2.75) is 0 Å². The number of halogens is 1. The third-order valence-corrected chi connectivity index (χ3v) is 2.20. The van der Waals surface area contributed by atoms with Crippen LogP contribution in [0.5, 0.6) is 5.75 Å². The van der Waals surface area contributed by atoms with Crippen molar-refractivity contribution < 1.29 is 9.94 Å². The average Bonchev–Trinajstić information content (AvgIpc) is 2.21. The van der Waals surface area contributed by atoms with Crippen molar-refractivity contribution in [3.05, 3.63) is 29.8 Å². The molecule has 4 heteroatoms. The standard InChI is InChI=1S/C9H10BrNO2/c1-13-8-4-2-7(3-5-8)9(6-10)11-12/h2-5,12H,6H2,1H3/b11-9+. The first-order valence-corrected chi connectivity index (χ1v) is 4.85. The molecule has 0 bridgehead atoms. The molecule has 0 aliphatic rings. The van der Waals surface area contributed by atoms with E-state index in [1.165, 1.54) is 0 Å². The number of hydrogen-bond acceptors (Lipinski definition) is 3. The van der Waals surface area contributed by atoms with Gasteiger partial charge in [-0.3, -0.25) is 0 Å². The molecular formula is C9H10BrNO2. The van der Waals surface area contributed by atoms with E-state index in [1.807, 2.05) is 24.3 Å². The van der Waals surface area contributed by atoms with Crippen LogP contribution in [0.15, 0.2) is 29.4 Å². The third kappa shape index (κ3) is 2.45. The maximum Gasteiger partial charge on any atom is 0.118 e. The Morgan fingerprint density at radius 1 is 1.46 bits per heavy atom. The molecule has 1 N–H and O–H groups in total. The molecule has 13 heavy (non-hydrogen) atoms. The Morgan fingerprint density at radius 2 is 2.08 bits per heavy atom. The lowest BCUT2D eigenvalue weighted by Crippen LogP contribution is -2.01. The Kier molecular flexibility index (Phi) is 3.76. The molecule has 0 saturated heterocycles. The van der Waals surface area contributed by atoms with Crippen molar-refractivity contribution in [2.75, 3.05) is 12.4 Å². The molecule has 1 rings (SSSR count). The maximum atomic E-state index is 8.63. The molecule has 0 radical (unpaired) electrons. The number of hydrogen-bond donors (Lipinski definition) is 1. The lowest BCUT2D eigenvalue weighted by Gasteiger charge is -2.02. The van der Waals surface area contributed by atoms with Gasteiger partial charge in [0.25, 0.3) is 0 Å². The van der Waals surface area contributed by atoms with E-state index in [0.29, 0.717) is 11.0 Å². The van der Waals surface area contributed by atoms with E-state index in [9.17, 15) is 0 Å². The van der Waals surface area contributed by atoms with Gasteiger partial charge in [-0.1, -0.05) is 21.1 Å². The van der Waals surface area contributed by atoms with Crippen molar-refractivity contribution in [3.8, 4) is 5.75 Å². The van der Waals surface area contributed by atoms with Gasteiger partial charge in [-0.2, -0.15) is 0 Å². The van der Waals surface area contributed by atoms with Crippen LogP contribution in [0.2, 0.25) is 0 Å². The molecule has 0 fully saturated rings. The van der Waals surface area contributed by atoms with E-state index in [2.05, 4.69) is 21.1 Å². The van der Waals surface area contributed by atoms with E-state index >= 15 is 0 Å². The minimum atomic E-state index is 0.524. The Balaban J connectivity index is 2.91. The molecule has 0 aliphatic carbocycles. The van der Waals surface area contributed by atoms with Crippen molar-refractivity contribution >= 4 is 21.6 Å². The lowest BCUT2D eigenvalue weighted by atomic mass is 10.1. The molecule has 0 unspecified atom stereocenters. The van der Waals surface area contributed by atoms with Gasteiger partial charge in [0.05, 0.1) is 12.8 Å². The zero-order valence-corrected chi connectivity index (χ0v) is 8.78. The van der Waals surface area contributed by atoms with Crippen LogP contribution in [0.25, 0.3) is 0 Å². The highest BCUT2D eigenvalue weighted by atomic mass is 79.9. The topological polar surface area (TPSA) is 41.8 Å². The summed E-state index contributed by atoms with van der Waals surface area (Å²) in [6.45, 7) is 0. The highest BCUT2D eigenvalue weighted by Gasteiger charge is 2.01. The zero-order chi connectivity index (χ0) is 9.68. The van der Waals surface area contributed by atoms with E-state index in [1.54, 1.807) is 7.11 Å². The summed E-state index contributed by atoms with van der Waals surface area (Å²) < 4.78 is 5.00. The van der Waals surface area contributed by atoms with Gasteiger partial charge in [0.2, 0.25) is 0 Å². The summed E-state index contributed by atoms with van der Waals surface area (Å²) in [6.07, 6.45) is 0. The molecule has 0 aromatic heterocycles. The van der Waals surface area contributed by atoms with Gasteiger partial charge >= 0.3 is 0 Å². The first kappa shape index (κ1) is 10.1. The Hall–Kier alpha value is -1.03. The van der Waals surface area contributed by atoms with Crippen LogP contribution in [0.1, 0.15) is 5.56 Å². The van der Waals surface area contributed by atoms with Crippen molar-refractivity contribution in [2.24, 2.45) is 5.16 Å². The Labute approximate surface area is 85.2 Å². The van der Waals surface area contributed by atoms with Gasteiger partial charge in [0.15, 0.2) is 0 Å². The second-order valence-corrected chi connectivity index (χ2v) is 2.97. The summed E-state index contributed by atoms with van der Waals surface area (Å²) in [6, 6.07) is 7.33. The Morgan fingerprint density at radius 3 is 2.46 bits per heavy atom. The van der Waals surface area contributed by atoms with Gasteiger partial charge in [-0.15, -0.1) is 0 Å². The highest BCUT2D eigenvalue weighted by Crippen LogP contribution is 2.12. The predicted molar refractivity (Wildman–Crippen MR) is 55.1 cm³/mol. The van der Waals surface area contributed by atoms with Crippen LogP contribution in [0.3, 0.4) is 0 Å². The third-order valence-electron chi connectivity index (χ3n) is 1.67. The molecule has 0 aliphatic heterocycles. The first-order chi connectivity index (χ1) is 6.31. The highest BCUT2D eigenvalue weighted by molar-refractivity contribution is 9.09. The zero-order valence-electron chi connectivity index (χ0n) is 7.20. The van der Waals surface area contributed by atoms with Gasteiger partial charge in [0, 0.05) is 10.9 Å². The fourth-order valence-electron chi connectivity index (χ4n) is 0.945. The normalized spacial score (nSPS) is 11.4. The fourth-order valence-corrected chi connectivity index (χ4v) is 1.38. The first-order valence-electron chi connectivity index (χ1n) is 3.73. The fraction of sp³-hybridized carbons (Fsp3) is 0.222. The van der Waals surface area contributed by atoms with Crippen LogP contribution in [-0.2, 0) is 0 Å². The molecule has 3 nitrogen and oxygen atoms in total. The molecule has 0 atom stereocenters. The van der Waals surface area contributed by atoms with Gasteiger partial charge < -0.3 is 9.94 Å². The van der Waals surface area contributed by atoms with Crippen LogP contribution in [-0.4, -0.2) is 23.4 Å². The molecule has 0 saturated carbocycles. The minimum Gasteiger partial charge on any atom is -0.497 e. The van der Waals surface area contributed by atoms with Gasteiger partial charge in [-0.05, 0) is 24.3 Å². The van der Waals surface area contributed by atoms with Crippen LogP contribution in [0, 0.1) is 0 Å². The van der Waals surface area contributed by atoms with Gasteiger partial charge in [0.1, 0.15) is 5.75 Å². The second kappa shape index (κ2) is 4.87. The maximum absolute atomic E-state index is 8.63. The molecule has 0 amide bonds.